The van der Waals surface area contributed by atoms with Crippen LogP contribution in [0.2, 0.25) is 5.02 Å². The zero-order chi connectivity index (χ0) is 16.9. The van der Waals surface area contributed by atoms with E-state index in [0.717, 1.165) is 32.9 Å². The molecule has 120 valence electrons. The minimum atomic E-state index is -0.194. The van der Waals surface area contributed by atoms with E-state index in [1.54, 1.807) is 0 Å². The molecule has 0 amide bonds. The van der Waals surface area contributed by atoms with E-state index in [-0.39, 0.29) is 5.54 Å². The third kappa shape index (κ3) is 2.42. The van der Waals surface area contributed by atoms with Crippen molar-refractivity contribution >= 4 is 28.2 Å². The first-order valence-electron chi connectivity index (χ1n) is 8.21. The second-order valence-corrected chi connectivity index (χ2v) is 7.39. The average molecular weight is 335 g/mol. The molecule has 0 saturated heterocycles. The summed E-state index contributed by atoms with van der Waals surface area (Å²) in [5.74, 6) is 0.301. The van der Waals surface area contributed by atoms with Crippen LogP contribution >= 0.6 is 11.6 Å². The van der Waals surface area contributed by atoms with Gasteiger partial charge in [-0.25, -0.2) is 4.98 Å². The quantitative estimate of drug-likeness (QED) is 0.567. The third-order valence-electron chi connectivity index (χ3n) is 5.04. The topological polar surface area (TPSA) is 25.2 Å². The SMILES string of the molecule is CC1c2cc(Cl)ccc2C(c2ccc3ccccc3n2)=NC1(C)C. The van der Waals surface area contributed by atoms with Crippen LogP contribution in [-0.4, -0.2) is 16.2 Å². The summed E-state index contributed by atoms with van der Waals surface area (Å²) >= 11 is 6.25. The zero-order valence-electron chi connectivity index (χ0n) is 14.0. The lowest BCUT2D eigenvalue weighted by Crippen LogP contribution is -2.33. The van der Waals surface area contributed by atoms with E-state index in [9.17, 15) is 0 Å². The van der Waals surface area contributed by atoms with E-state index >= 15 is 0 Å². The first-order valence-corrected chi connectivity index (χ1v) is 8.59. The minimum Gasteiger partial charge on any atom is -0.276 e. The maximum atomic E-state index is 6.25. The molecule has 1 atom stereocenters. The number of aromatic nitrogens is 1. The summed E-state index contributed by atoms with van der Waals surface area (Å²) in [6, 6.07) is 18.4. The highest BCUT2D eigenvalue weighted by atomic mass is 35.5. The molecule has 24 heavy (non-hydrogen) atoms. The Morgan fingerprint density at radius 2 is 1.79 bits per heavy atom. The molecule has 3 aromatic rings. The number of benzene rings is 2. The van der Waals surface area contributed by atoms with E-state index in [4.69, 9.17) is 21.6 Å². The number of aliphatic imine (C=N–C) groups is 1. The van der Waals surface area contributed by atoms with E-state index in [2.05, 4.69) is 51.1 Å². The van der Waals surface area contributed by atoms with Gasteiger partial charge >= 0.3 is 0 Å². The van der Waals surface area contributed by atoms with Gasteiger partial charge in [0.2, 0.25) is 0 Å². The second kappa shape index (κ2) is 5.42. The van der Waals surface area contributed by atoms with Gasteiger partial charge in [-0.15, -0.1) is 0 Å². The van der Waals surface area contributed by atoms with Crippen molar-refractivity contribution in [2.45, 2.75) is 32.2 Å². The molecule has 0 radical (unpaired) electrons. The van der Waals surface area contributed by atoms with Crippen LogP contribution in [0.5, 0.6) is 0 Å². The minimum absolute atomic E-state index is 0.194. The summed E-state index contributed by atoms with van der Waals surface area (Å²) in [7, 11) is 0. The Morgan fingerprint density at radius 3 is 2.62 bits per heavy atom. The molecule has 3 heteroatoms. The van der Waals surface area contributed by atoms with Crippen LogP contribution in [0.25, 0.3) is 10.9 Å². The molecule has 2 nitrogen and oxygen atoms in total. The Kier molecular flexibility index (Phi) is 3.47. The van der Waals surface area contributed by atoms with Crippen molar-refractivity contribution in [1.82, 2.24) is 4.98 Å². The van der Waals surface area contributed by atoms with E-state index < -0.39 is 0 Å². The molecule has 0 spiro atoms. The van der Waals surface area contributed by atoms with Crippen molar-refractivity contribution in [2.75, 3.05) is 0 Å². The summed E-state index contributed by atoms with van der Waals surface area (Å²) in [5.41, 5.74) is 5.04. The molecule has 4 rings (SSSR count). The molecular formula is C21H19ClN2. The van der Waals surface area contributed by atoms with Crippen molar-refractivity contribution in [3.63, 3.8) is 0 Å². The number of hydrogen-bond donors (Lipinski definition) is 0. The standard InChI is InChI=1S/C21H19ClN2/c1-13-17-12-15(22)9-10-16(17)20(24-21(13,2)3)19-11-8-14-6-4-5-7-18(14)23-19/h4-13H,1-3H3. The normalized spacial score (nSPS) is 19.0. The number of rotatable bonds is 1. The zero-order valence-corrected chi connectivity index (χ0v) is 14.8. The lowest BCUT2D eigenvalue weighted by atomic mass is 9.77. The molecule has 1 aromatic heterocycles. The van der Waals surface area contributed by atoms with Crippen molar-refractivity contribution < 1.29 is 0 Å². The summed E-state index contributed by atoms with van der Waals surface area (Å²) in [5, 5.41) is 1.91. The summed E-state index contributed by atoms with van der Waals surface area (Å²) in [6.07, 6.45) is 0. The molecule has 2 heterocycles. The summed E-state index contributed by atoms with van der Waals surface area (Å²) in [4.78, 5) is 9.90. The molecule has 0 bridgehead atoms. The van der Waals surface area contributed by atoms with Crippen molar-refractivity contribution in [3.8, 4) is 0 Å². The number of hydrogen-bond acceptors (Lipinski definition) is 2. The van der Waals surface area contributed by atoms with Crippen LogP contribution in [0.3, 0.4) is 0 Å². The van der Waals surface area contributed by atoms with E-state index in [0.29, 0.717) is 5.92 Å². The number of para-hydroxylation sites is 1. The van der Waals surface area contributed by atoms with Gasteiger partial charge < -0.3 is 0 Å². The fourth-order valence-corrected chi connectivity index (χ4v) is 3.51. The predicted octanol–water partition coefficient (Wildman–Crippen LogP) is 5.62. The summed E-state index contributed by atoms with van der Waals surface area (Å²) in [6.45, 7) is 6.55. The maximum absolute atomic E-state index is 6.25. The molecule has 0 fully saturated rings. The van der Waals surface area contributed by atoms with Crippen molar-refractivity contribution in [2.24, 2.45) is 4.99 Å². The fourth-order valence-electron chi connectivity index (χ4n) is 3.33. The molecule has 0 saturated carbocycles. The van der Waals surface area contributed by atoms with E-state index in [1.807, 2.05) is 24.3 Å². The smallest absolute Gasteiger partial charge is 0.0913 e. The fraction of sp³-hybridized carbons (Fsp3) is 0.238. The highest BCUT2D eigenvalue weighted by molar-refractivity contribution is 6.31. The van der Waals surface area contributed by atoms with Gasteiger partial charge in [0.05, 0.1) is 22.5 Å². The molecule has 1 aliphatic rings. The maximum Gasteiger partial charge on any atom is 0.0913 e. The largest absolute Gasteiger partial charge is 0.276 e. The van der Waals surface area contributed by atoms with Crippen LogP contribution in [0, 0.1) is 0 Å². The molecule has 1 unspecified atom stereocenters. The number of fused-ring (bicyclic) bond motifs is 2. The number of nitrogens with zero attached hydrogens (tertiary/aromatic N) is 2. The number of halogens is 1. The Hall–Kier alpha value is -2.19. The monoisotopic (exact) mass is 334 g/mol. The Morgan fingerprint density at radius 1 is 1.00 bits per heavy atom. The highest BCUT2D eigenvalue weighted by Crippen LogP contribution is 2.39. The summed E-state index contributed by atoms with van der Waals surface area (Å²) < 4.78 is 0. The first-order chi connectivity index (χ1) is 11.5. The third-order valence-corrected chi connectivity index (χ3v) is 5.27. The van der Waals surface area contributed by atoms with Crippen LogP contribution in [0.1, 0.15) is 43.5 Å². The van der Waals surface area contributed by atoms with Gasteiger partial charge in [-0.1, -0.05) is 48.9 Å². The van der Waals surface area contributed by atoms with Crippen LogP contribution < -0.4 is 0 Å². The molecule has 2 aromatic carbocycles. The number of pyridine rings is 1. The molecule has 0 aliphatic carbocycles. The lowest BCUT2D eigenvalue weighted by molar-refractivity contribution is 0.432. The van der Waals surface area contributed by atoms with Gasteiger partial charge in [-0.2, -0.15) is 0 Å². The van der Waals surface area contributed by atoms with Gasteiger partial charge in [-0.05, 0) is 43.7 Å². The van der Waals surface area contributed by atoms with Gasteiger partial charge in [-0.3, -0.25) is 4.99 Å². The molecular weight excluding hydrogens is 316 g/mol. The Bertz CT molecular complexity index is 972. The predicted molar refractivity (Wildman–Crippen MR) is 101 cm³/mol. The van der Waals surface area contributed by atoms with Crippen LogP contribution in [-0.2, 0) is 0 Å². The van der Waals surface area contributed by atoms with Gasteiger partial charge in [0.1, 0.15) is 0 Å². The van der Waals surface area contributed by atoms with Crippen molar-refractivity contribution in [3.05, 3.63) is 76.4 Å². The van der Waals surface area contributed by atoms with Gasteiger partial charge in [0, 0.05) is 21.9 Å². The molecule has 0 N–H and O–H groups in total. The second-order valence-electron chi connectivity index (χ2n) is 6.96. The van der Waals surface area contributed by atoms with Crippen LogP contribution in [0.4, 0.5) is 0 Å². The van der Waals surface area contributed by atoms with E-state index in [1.165, 1.54) is 5.56 Å². The lowest BCUT2D eigenvalue weighted by Gasteiger charge is -2.35. The highest BCUT2D eigenvalue weighted by Gasteiger charge is 2.34. The van der Waals surface area contributed by atoms with Gasteiger partial charge in [0.15, 0.2) is 0 Å². The van der Waals surface area contributed by atoms with Crippen molar-refractivity contribution in [1.29, 1.82) is 0 Å². The van der Waals surface area contributed by atoms with Gasteiger partial charge in [0.25, 0.3) is 0 Å². The molecule has 1 aliphatic heterocycles. The average Bonchev–Trinajstić information content (AvgIpc) is 2.58. The Labute approximate surface area is 147 Å². The first kappa shape index (κ1) is 15.3. The van der Waals surface area contributed by atoms with Crippen LogP contribution in [0.15, 0.2) is 59.6 Å². The Balaban J connectivity index is 1.95.